The Hall–Kier alpha value is -0.840. The van der Waals surface area contributed by atoms with Crippen molar-refractivity contribution in [3.8, 4) is 0 Å². The summed E-state index contributed by atoms with van der Waals surface area (Å²) < 4.78 is 0. The number of rotatable bonds is 10. The van der Waals surface area contributed by atoms with E-state index in [1.807, 2.05) is 18.2 Å². The van der Waals surface area contributed by atoms with Crippen molar-refractivity contribution in [1.29, 1.82) is 0 Å². The largest absolute Gasteiger partial charge is 0.481 e. The van der Waals surface area contributed by atoms with Crippen LogP contribution in [0.5, 0.6) is 0 Å². The zero-order chi connectivity index (χ0) is 18.2. The molecular formula is C20H31ClO4. The smallest absolute Gasteiger partial charge is 0.303 e. The molecule has 2 aliphatic carbocycles. The molecule has 0 aromatic carbocycles. The lowest BCUT2D eigenvalue weighted by atomic mass is 9.80. The van der Waals surface area contributed by atoms with Crippen molar-refractivity contribution in [3.05, 3.63) is 24.3 Å². The molecule has 0 aromatic rings. The summed E-state index contributed by atoms with van der Waals surface area (Å²) in [7, 11) is 0. The number of carboxylic acids is 1. The SMILES string of the molecule is O=C(O)CCC/C=C\C[C@@H]1[C@@H](/C=C/CC(O)C2CCC2)[C@H](O)C[C@@H]1Cl. The van der Waals surface area contributed by atoms with E-state index in [0.717, 1.165) is 25.7 Å². The average molecular weight is 371 g/mol. The third kappa shape index (κ3) is 6.43. The van der Waals surface area contributed by atoms with Gasteiger partial charge in [0, 0.05) is 17.7 Å². The minimum absolute atomic E-state index is 0.0276. The quantitative estimate of drug-likeness (QED) is 0.309. The Kier molecular flexibility index (Phi) is 8.47. The number of allylic oxidation sites excluding steroid dienone is 2. The number of carbonyl (C=O) groups is 1. The molecular weight excluding hydrogens is 340 g/mol. The lowest BCUT2D eigenvalue weighted by molar-refractivity contribution is -0.137. The van der Waals surface area contributed by atoms with Crippen molar-refractivity contribution in [2.24, 2.45) is 17.8 Å². The van der Waals surface area contributed by atoms with E-state index < -0.39 is 12.1 Å². The first-order chi connectivity index (χ1) is 12.0. The van der Waals surface area contributed by atoms with E-state index in [-0.39, 0.29) is 29.7 Å². The van der Waals surface area contributed by atoms with Gasteiger partial charge in [0.2, 0.25) is 0 Å². The number of alkyl halides is 1. The molecule has 1 unspecified atom stereocenters. The number of halogens is 1. The molecule has 0 radical (unpaired) electrons. The van der Waals surface area contributed by atoms with Crippen molar-refractivity contribution < 1.29 is 20.1 Å². The maximum atomic E-state index is 10.5. The Morgan fingerprint density at radius 2 is 2.00 bits per heavy atom. The summed E-state index contributed by atoms with van der Waals surface area (Å²) in [6.45, 7) is 0. The molecule has 5 atom stereocenters. The number of hydrogen-bond donors (Lipinski definition) is 3. The molecule has 2 fully saturated rings. The summed E-state index contributed by atoms with van der Waals surface area (Å²) >= 11 is 6.42. The Labute approximate surface area is 155 Å². The van der Waals surface area contributed by atoms with Gasteiger partial charge in [-0.15, -0.1) is 11.6 Å². The Balaban J connectivity index is 1.78. The van der Waals surface area contributed by atoms with Crippen LogP contribution in [0, 0.1) is 17.8 Å². The van der Waals surface area contributed by atoms with Crippen LogP contribution in [0.4, 0.5) is 0 Å². The molecule has 0 amide bonds. The highest BCUT2D eigenvalue weighted by Gasteiger charge is 2.39. The monoisotopic (exact) mass is 370 g/mol. The third-order valence-electron chi connectivity index (χ3n) is 5.64. The Morgan fingerprint density at radius 1 is 1.24 bits per heavy atom. The van der Waals surface area contributed by atoms with E-state index >= 15 is 0 Å². The minimum Gasteiger partial charge on any atom is -0.481 e. The summed E-state index contributed by atoms with van der Waals surface area (Å²) in [5.74, 6) is -0.102. The van der Waals surface area contributed by atoms with Crippen molar-refractivity contribution in [3.63, 3.8) is 0 Å². The predicted octanol–water partition coefficient (Wildman–Crippen LogP) is 3.90. The molecule has 0 aliphatic heterocycles. The van der Waals surface area contributed by atoms with Crippen LogP contribution in [0.2, 0.25) is 0 Å². The fraction of sp³-hybridized carbons (Fsp3) is 0.750. The maximum absolute atomic E-state index is 10.5. The number of unbranched alkanes of at least 4 members (excludes halogenated alkanes) is 1. The molecule has 3 N–H and O–H groups in total. The summed E-state index contributed by atoms with van der Waals surface area (Å²) in [6.07, 6.45) is 14.5. The number of hydrogen-bond acceptors (Lipinski definition) is 3. The Bertz CT molecular complexity index is 472. The van der Waals surface area contributed by atoms with Crippen molar-refractivity contribution in [2.45, 2.75) is 75.4 Å². The maximum Gasteiger partial charge on any atom is 0.303 e. The molecule has 0 saturated heterocycles. The number of aliphatic hydroxyl groups is 2. The van der Waals surface area contributed by atoms with E-state index in [1.54, 1.807) is 0 Å². The van der Waals surface area contributed by atoms with Crippen molar-refractivity contribution >= 4 is 17.6 Å². The summed E-state index contributed by atoms with van der Waals surface area (Å²) in [5, 5.41) is 28.9. The topological polar surface area (TPSA) is 77.8 Å². The van der Waals surface area contributed by atoms with Crippen LogP contribution >= 0.6 is 11.6 Å². The predicted molar refractivity (Wildman–Crippen MR) is 99.6 cm³/mol. The fourth-order valence-corrected chi connectivity index (χ4v) is 4.25. The first kappa shape index (κ1) is 20.5. The molecule has 25 heavy (non-hydrogen) atoms. The first-order valence-electron chi connectivity index (χ1n) is 9.52. The van der Waals surface area contributed by atoms with Crippen LogP contribution < -0.4 is 0 Å². The van der Waals surface area contributed by atoms with Crippen molar-refractivity contribution in [2.75, 3.05) is 0 Å². The number of aliphatic carboxylic acids is 1. The molecule has 0 spiro atoms. The van der Waals surface area contributed by atoms with Gasteiger partial charge in [-0.05, 0) is 56.8 Å². The van der Waals surface area contributed by atoms with Gasteiger partial charge in [-0.1, -0.05) is 30.7 Å². The van der Waals surface area contributed by atoms with Gasteiger partial charge < -0.3 is 15.3 Å². The van der Waals surface area contributed by atoms with Crippen LogP contribution in [-0.4, -0.2) is 38.9 Å². The number of carboxylic acid groups (broad SMARTS) is 1. The van der Waals surface area contributed by atoms with Gasteiger partial charge in [-0.2, -0.15) is 0 Å². The minimum atomic E-state index is -0.762. The molecule has 142 valence electrons. The van der Waals surface area contributed by atoms with E-state index in [9.17, 15) is 15.0 Å². The zero-order valence-corrected chi connectivity index (χ0v) is 15.5. The van der Waals surface area contributed by atoms with Crippen LogP contribution in [0.1, 0.15) is 57.8 Å². The number of aliphatic hydroxyl groups excluding tert-OH is 2. The molecule has 4 nitrogen and oxygen atoms in total. The molecule has 5 heteroatoms. The van der Waals surface area contributed by atoms with Gasteiger partial charge in [0.05, 0.1) is 12.2 Å². The lowest BCUT2D eigenvalue weighted by Crippen LogP contribution is -2.26. The van der Waals surface area contributed by atoms with E-state index in [0.29, 0.717) is 25.2 Å². The molecule has 0 heterocycles. The second-order valence-corrected chi connectivity index (χ2v) is 8.04. The second-order valence-electron chi connectivity index (χ2n) is 7.48. The van der Waals surface area contributed by atoms with Gasteiger partial charge >= 0.3 is 5.97 Å². The third-order valence-corrected chi connectivity index (χ3v) is 6.14. The highest BCUT2D eigenvalue weighted by atomic mass is 35.5. The standard InChI is InChI=1S/C20H31ClO4/c21-17-13-19(23)16(10-6-11-18(22)14-7-5-8-14)15(17)9-3-1-2-4-12-20(24)25/h1,3,6,10,14-19,22-23H,2,4-5,7-9,11-13H2,(H,24,25)/b3-1-,10-6+/t15-,16-,17+,18?,19-/m1/s1. The first-order valence-corrected chi connectivity index (χ1v) is 9.96. The van der Waals surface area contributed by atoms with E-state index in [1.165, 1.54) is 6.42 Å². The fourth-order valence-electron chi connectivity index (χ4n) is 3.80. The van der Waals surface area contributed by atoms with E-state index in [4.69, 9.17) is 16.7 Å². The van der Waals surface area contributed by atoms with Gasteiger partial charge in [0.25, 0.3) is 0 Å². The Morgan fingerprint density at radius 3 is 2.64 bits per heavy atom. The van der Waals surface area contributed by atoms with Crippen LogP contribution in [-0.2, 0) is 4.79 Å². The highest BCUT2D eigenvalue weighted by molar-refractivity contribution is 6.21. The lowest BCUT2D eigenvalue weighted by Gasteiger charge is -2.29. The van der Waals surface area contributed by atoms with Crippen molar-refractivity contribution in [1.82, 2.24) is 0 Å². The molecule has 0 aromatic heterocycles. The van der Waals surface area contributed by atoms with Gasteiger partial charge in [0.1, 0.15) is 0 Å². The molecule has 2 rings (SSSR count). The average Bonchev–Trinajstić information content (AvgIpc) is 2.75. The molecule has 2 aliphatic rings. The van der Waals surface area contributed by atoms with Crippen LogP contribution in [0.25, 0.3) is 0 Å². The zero-order valence-electron chi connectivity index (χ0n) is 14.8. The summed E-state index contributed by atoms with van der Waals surface area (Å²) in [4.78, 5) is 10.5. The second kappa shape index (κ2) is 10.3. The van der Waals surface area contributed by atoms with Crippen LogP contribution in [0.15, 0.2) is 24.3 Å². The summed E-state index contributed by atoms with van der Waals surface area (Å²) in [6, 6.07) is 0. The normalized spacial score (nSPS) is 31.6. The highest BCUT2D eigenvalue weighted by Crippen LogP contribution is 2.39. The van der Waals surface area contributed by atoms with Crippen LogP contribution in [0.3, 0.4) is 0 Å². The molecule has 2 saturated carbocycles. The van der Waals surface area contributed by atoms with Gasteiger partial charge in [-0.25, -0.2) is 0 Å². The van der Waals surface area contributed by atoms with Gasteiger partial charge in [-0.3, -0.25) is 4.79 Å². The summed E-state index contributed by atoms with van der Waals surface area (Å²) in [5.41, 5.74) is 0. The van der Waals surface area contributed by atoms with E-state index in [2.05, 4.69) is 6.08 Å². The molecule has 0 bridgehead atoms. The van der Waals surface area contributed by atoms with Gasteiger partial charge in [0.15, 0.2) is 0 Å².